The van der Waals surface area contributed by atoms with Gasteiger partial charge >= 0.3 is 9.76 Å². The number of hydrogen-bond acceptors (Lipinski definition) is 2. The van der Waals surface area contributed by atoms with Crippen LogP contribution in [0.4, 0.5) is 0 Å². The fraction of sp³-hybridized carbons (Fsp3) is 0.111. The summed E-state index contributed by atoms with van der Waals surface area (Å²) in [4.78, 5) is 4.63. The number of benzene rings is 2. The number of hydrogen-bond donors (Lipinski definition) is 0. The van der Waals surface area contributed by atoms with Gasteiger partial charge in [0.15, 0.2) is 0 Å². The van der Waals surface area contributed by atoms with Gasteiger partial charge in [-0.3, -0.25) is 4.98 Å². The lowest BCUT2D eigenvalue weighted by atomic mass is 10.0. The first-order valence-corrected chi connectivity index (χ1v) is 8.25. The van der Waals surface area contributed by atoms with E-state index in [-0.39, 0.29) is 0 Å². The molecule has 0 saturated heterocycles. The summed E-state index contributed by atoms with van der Waals surface area (Å²) in [7, 11) is 0.418. The zero-order valence-electron chi connectivity index (χ0n) is 11.8. The molecule has 0 fully saturated rings. The Balaban J connectivity index is 2.23. The monoisotopic (exact) mass is 289 g/mol. The largest absolute Gasteiger partial charge is 0.541 e. The summed E-state index contributed by atoms with van der Waals surface area (Å²) in [6.07, 6.45) is 0.443. The smallest absolute Gasteiger partial charge is 0.307 e. The molecule has 21 heavy (non-hydrogen) atoms. The minimum absolute atomic E-state index is 0.418. The number of rotatable bonds is 4. The minimum atomic E-state index is 0.418. The highest BCUT2D eigenvalue weighted by atomic mass is 28.2. The molecule has 1 aromatic heterocycles. The Morgan fingerprint density at radius 1 is 1.10 bits per heavy atom. The minimum Gasteiger partial charge on any atom is -0.541 e. The Hall–Kier alpha value is -2.13. The molecular weight excluding hydrogens is 274 g/mol. The van der Waals surface area contributed by atoms with Crippen molar-refractivity contribution in [3.63, 3.8) is 0 Å². The van der Waals surface area contributed by atoms with Crippen LogP contribution in [0.25, 0.3) is 22.0 Å². The molecule has 0 spiro atoms. The van der Waals surface area contributed by atoms with Gasteiger partial charge in [0, 0.05) is 11.3 Å². The molecule has 2 nitrogen and oxygen atoms in total. The molecule has 0 amide bonds. The van der Waals surface area contributed by atoms with Gasteiger partial charge in [-0.25, -0.2) is 0 Å². The molecule has 4 radical (unpaired) electrons. The van der Waals surface area contributed by atoms with Crippen molar-refractivity contribution in [1.82, 2.24) is 4.98 Å². The van der Waals surface area contributed by atoms with Crippen LogP contribution in [0.1, 0.15) is 5.69 Å². The van der Waals surface area contributed by atoms with Crippen molar-refractivity contribution < 1.29 is 4.43 Å². The summed E-state index contributed by atoms with van der Waals surface area (Å²) in [6, 6.07) is 18.4. The topological polar surface area (TPSA) is 22.1 Å². The SMILES string of the molecule is [CH]Cc1cccc(-c2cc(O[Si]C)cc3ccccc23)n1. The van der Waals surface area contributed by atoms with E-state index in [0.29, 0.717) is 16.2 Å². The average Bonchev–Trinajstić information content (AvgIpc) is 2.54. The van der Waals surface area contributed by atoms with Crippen molar-refractivity contribution in [3.8, 4) is 17.0 Å². The third-order valence-corrected chi connectivity index (χ3v) is 3.79. The van der Waals surface area contributed by atoms with E-state index in [4.69, 9.17) is 11.3 Å². The van der Waals surface area contributed by atoms with E-state index < -0.39 is 0 Å². The Kier molecular flexibility index (Phi) is 4.02. The first-order valence-electron chi connectivity index (χ1n) is 6.84. The van der Waals surface area contributed by atoms with E-state index in [9.17, 15) is 0 Å². The van der Waals surface area contributed by atoms with E-state index in [1.54, 1.807) is 0 Å². The van der Waals surface area contributed by atoms with E-state index >= 15 is 0 Å². The Labute approximate surface area is 127 Å². The highest BCUT2D eigenvalue weighted by Gasteiger charge is 2.08. The molecule has 3 rings (SSSR count). The van der Waals surface area contributed by atoms with Crippen LogP contribution in [-0.2, 0) is 6.42 Å². The second-order valence-electron chi connectivity index (χ2n) is 4.72. The molecule has 3 aromatic rings. The summed E-state index contributed by atoms with van der Waals surface area (Å²) in [5.74, 6) is 0.879. The quantitative estimate of drug-likeness (QED) is 0.671. The van der Waals surface area contributed by atoms with E-state index in [1.165, 1.54) is 5.39 Å². The van der Waals surface area contributed by atoms with Crippen LogP contribution >= 0.6 is 0 Å². The van der Waals surface area contributed by atoms with Gasteiger partial charge in [0.05, 0.1) is 5.69 Å². The third kappa shape index (κ3) is 2.83. The normalized spacial score (nSPS) is 10.8. The molecule has 0 N–H and O–H groups in total. The Morgan fingerprint density at radius 2 is 1.95 bits per heavy atom. The summed E-state index contributed by atoms with van der Waals surface area (Å²) in [5.41, 5.74) is 2.90. The van der Waals surface area contributed by atoms with Crippen LogP contribution in [-0.4, -0.2) is 14.7 Å². The van der Waals surface area contributed by atoms with Crippen LogP contribution in [0, 0.1) is 6.92 Å². The molecule has 0 aliphatic rings. The zero-order chi connectivity index (χ0) is 14.7. The van der Waals surface area contributed by atoms with Gasteiger partial charge in [-0.15, -0.1) is 0 Å². The average molecular weight is 289 g/mol. The molecule has 0 unspecified atom stereocenters. The number of nitrogens with zero attached hydrogens (tertiary/aromatic N) is 1. The molecule has 0 aliphatic carbocycles. The van der Waals surface area contributed by atoms with Crippen molar-refractivity contribution >= 4 is 20.5 Å². The predicted molar refractivity (Wildman–Crippen MR) is 87.4 cm³/mol. The molecule has 0 aliphatic heterocycles. The predicted octanol–water partition coefficient (Wildman–Crippen LogP) is 4.20. The summed E-state index contributed by atoms with van der Waals surface area (Å²) >= 11 is 0. The molecule has 2 aromatic carbocycles. The standard InChI is InChI=1S/C18H15NOSi/c1-3-14-8-6-10-18(19-14)17-12-15(20-21-2)11-13-7-4-5-9-16(13)17/h1,4-12H,3H2,2H3. The van der Waals surface area contributed by atoms with Gasteiger partial charge < -0.3 is 4.43 Å². The van der Waals surface area contributed by atoms with E-state index in [1.807, 2.05) is 36.9 Å². The van der Waals surface area contributed by atoms with Crippen molar-refractivity contribution in [2.45, 2.75) is 13.0 Å². The van der Waals surface area contributed by atoms with Gasteiger partial charge in [0.2, 0.25) is 0 Å². The molecule has 1 heterocycles. The highest BCUT2D eigenvalue weighted by Crippen LogP contribution is 2.32. The maximum absolute atomic E-state index is 5.71. The van der Waals surface area contributed by atoms with Crippen LogP contribution in [0.2, 0.25) is 6.55 Å². The Bertz CT molecular complexity index is 770. The van der Waals surface area contributed by atoms with Crippen LogP contribution in [0.5, 0.6) is 5.75 Å². The van der Waals surface area contributed by atoms with Gasteiger partial charge in [0.1, 0.15) is 5.75 Å². The second-order valence-corrected chi connectivity index (χ2v) is 5.33. The van der Waals surface area contributed by atoms with Gasteiger partial charge in [-0.1, -0.05) is 30.3 Å². The first-order chi connectivity index (χ1) is 10.3. The number of pyridine rings is 1. The fourth-order valence-corrected chi connectivity index (χ4v) is 2.77. The van der Waals surface area contributed by atoms with E-state index in [0.717, 1.165) is 28.1 Å². The van der Waals surface area contributed by atoms with Crippen molar-refractivity contribution in [1.29, 1.82) is 0 Å². The third-order valence-electron chi connectivity index (χ3n) is 3.35. The van der Waals surface area contributed by atoms with Crippen molar-refractivity contribution in [3.05, 3.63) is 67.2 Å². The fourth-order valence-electron chi connectivity index (χ4n) is 2.42. The molecule has 0 atom stereocenters. The maximum Gasteiger partial charge on any atom is 0.307 e. The second kappa shape index (κ2) is 6.10. The molecule has 102 valence electrons. The van der Waals surface area contributed by atoms with Crippen LogP contribution in [0.3, 0.4) is 0 Å². The first kappa shape index (κ1) is 13.8. The molecule has 0 bridgehead atoms. The number of fused-ring (bicyclic) bond motifs is 1. The van der Waals surface area contributed by atoms with Crippen molar-refractivity contribution in [2.75, 3.05) is 0 Å². The molecule has 3 heteroatoms. The summed E-state index contributed by atoms with van der Waals surface area (Å²) in [6.45, 7) is 7.72. The number of aromatic nitrogens is 1. The van der Waals surface area contributed by atoms with Crippen LogP contribution < -0.4 is 4.43 Å². The summed E-state index contributed by atoms with van der Waals surface area (Å²) in [5, 5.41) is 2.33. The van der Waals surface area contributed by atoms with Gasteiger partial charge in [0.25, 0.3) is 0 Å². The highest BCUT2D eigenvalue weighted by molar-refractivity contribution is 6.26. The van der Waals surface area contributed by atoms with Gasteiger partial charge in [-0.05, 0) is 54.9 Å². The maximum atomic E-state index is 5.71. The lowest BCUT2D eigenvalue weighted by Gasteiger charge is -2.11. The van der Waals surface area contributed by atoms with E-state index in [2.05, 4.69) is 29.2 Å². The van der Waals surface area contributed by atoms with Gasteiger partial charge in [-0.2, -0.15) is 0 Å². The molecule has 0 saturated carbocycles. The zero-order valence-corrected chi connectivity index (χ0v) is 12.8. The lowest BCUT2D eigenvalue weighted by Crippen LogP contribution is -1.97. The van der Waals surface area contributed by atoms with Crippen molar-refractivity contribution in [2.24, 2.45) is 0 Å². The molecular formula is C18H15NOSi. The van der Waals surface area contributed by atoms with Crippen LogP contribution in [0.15, 0.2) is 54.6 Å². The summed E-state index contributed by atoms with van der Waals surface area (Å²) < 4.78 is 5.71. The lowest BCUT2D eigenvalue weighted by molar-refractivity contribution is 0.601. The Morgan fingerprint density at radius 3 is 2.76 bits per heavy atom.